The van der Waals surface area contributed by atoms with Gasteiger partial charge >= 0.3 is 5.97 Å². The molecule has 0 bridgehead atoms. The largest absolute Gasteiger partial charge is 0.465 e. The van der Waals surface area contributed by atoms with E-state index >= 15 is 0 Å². The Morgan fingerprint density at radius 2 is 2.12 bits per heavy atom. The first-order chi connectivity index (χ1) is 12.1. The average molecular weight is 342 g/mol. The molecule has 2 aromatic rings. The van der Waals surface area contributed by atoms with Crippen molar-refractivity contribution in [3.05, 3.63) is 53.9 Å². The maximum atomic E-state index is 11.5. The number of hydrogen-bond acceptors (Lipinski definition) is 6. The van der Waals surface area contributed by atoms with Gasteiger partial charge in [-0.1, -0.05) is 6.07 Å². The van der Waals surface area contributed by atoms with Gasteiger partial charge in [0.2, 0.25) is 0 Å². The first-order valence-electron chi connectivity index (χ1n) is 8.40. The molecule has 2 rings (SSSR count). The number of nitrogens with one attached hydrogen (secondary N) is 1. The first-order valence-corrected chi connectivity index (χ1v) is 8.40. The molecule has 0 aliphatic carbocycles. The van der Waals surface area contributed by atoms with Crippen molar-refractivity contribution < 1.29 is 9.53 Å². The average Bonchev–Trinajstić information content (AvgIpc) is 2.64. The van der Waals surface area contributed by atoms with Crippen LogP contribution in [-0.4, -0.2) is 49.6 Å². The molecule has 0 aliphatic rings. The van der Waals surface area contributed by atoms with E-state index in [1.165, 1.54) is 7.11 Å². The van der Waals surface area contributed by atoms with Crippen LogP contribution < -0.4 is 11.1 Å². The summed E-state index contributed by atoms with van der Waals surface area (Å²) >= 11 is 0. The van der Waals surface area contributed by atoms with Crippen LogP contribution >= 0.6 is 0 Å². The van der Waals surface area contributed by atoms with Crippen molar-refractivity contribution in [3.63, 3.8) is 0 Å². The number of nitrogens with zero attached hydrogens (tertiary/aromatic N) is 2. The molecule has 134 valence electrons. The van der Waals surface area contributed by atoms with E-state index in [0.29, 0.717) is 11.3 Å². The highest BCUT2D eigenvalue weighted by Gasteiger charge is 2.08. The number of anilines is 2. The van der Waals surface area contributed by atoms with Crippen LogP contribution in [0.4, 0.5) is 11.4 Å². The van der Waals surface area contributed by atoms with E-state index in [-0.39, 0.29) is 5.97 Å². The maximum Gasteiger partial charge on any atom is 0.337 e. The third-order valence-corrected chi connectivity index (χ3v) is 3.98. The molecule has 0 radical (unpaired) electrons. The summed E-state index contributed by atoms with van der Waals surface area (Å²) in [6.45, 7) is 2.78. The second-order valence-electron chi connectivity index (χ2n) is 5.95. The van der Waals surface area contributed by atoms with Gasteiger partial charge in [0.05, 0.1) is 24.0 Å². The second kappa shape index (κ2) is 9.64. The Balaban J connectivity index is 1.69. The zero-order valence-corrected chi connectivity index (χ0v) is 14.9. The van der Waals surface area contributed by atoms with Crippen molar-refractivity contribution in [1.82, 2.24) is 9.88 Å². The first kappa shape index (κ1) is 18.7. The number of esters is 1. The third-order valence-electron chi connectivity index (χ3n) is 3.98. The van der Waals surface area contributed by atoms with Crippen LogP contribution in [-0.2, 0) is 11.2 Å². The normalized spacial score (nSPS) is 10.7. The highest BCUT2D eigenvalue weighted by molar-refractivity contribution is 5.91. The predicted octanol–water partition coefficient (Wildman–Crippen LogP) is 2.43. The Kier molecular flexibility index (Phi) is 7.22. The van der Waals surface area contributed by atoms with Crippen LogP contribution in [0.15, 0.2) is 42.6 Å². The van der Waals surface area contributed by atoms with Gasteiger partial charge < -0.3 is 20.7 Å². The van der Waals surface area contributed by atoms with E-state index in [1.807, 2.05) is 24.4 Å². The molecule has 0 amide bonds. The summed E-state index contributed by atoms with van der Waals surface area (Å²) in [4.78, 5) is 18.1. The summed E-state index contributed by atoms with van der Waals surface area (Å²) < 4.78 is 4.69. The van der Waals surface area contributed by atoms with Crippen molar-refractivity contribution >= 4 is 17.3 Å². The number of pyridine rings is 1. The number of likely N-dealkylation sites (N-methyl/N-ethyl adjacent to an activating group) is 1. The number of carbonyl (C=O) groups is 1. The topological polar surface area (TPSA) is 80.5 Å². The minimum atomic E-state index is -0.382. The van der Waals surface area contributed by atoms with Crippen molar-refractivity contribution in [3.8, 4) is 0 Å². The van der Waals surface area contributed by atoms with Crippen LogP contribution in [0.2, 0.25) is 0 Å². The van der Waals surface area contributed by atoms with E-state index in [4.69, 9.17) is 5.73 Å². The predicted molar refractivity (Wildman–Crippen MR) is 101 cm³/mol. The molecular weight excluding hydrogens is 316 g/mol. The maximum absolute atomic E-state index is 11.5. The number of methoxy groups -OCH3 is 1. The molecule has 1 aromatic carbocycles. The fourth-order valence-electron chi connectivity index (χ4n) is 2.50. The van der Waals surface area contributed by atoms with Gasteiger partial charge in [-0.3, -0.25) is 4.98 Å². The van der Waals surface area contributed by atoms with Gasteiger partial charge in [0, 0.05) is 31.4 Å². The van der Waals surface area contributed by atoms with E-state index in [0.717, 1.165) is 43.9 Å². The molecule has 0 saturated heterocycles. The molecule has 3 N–H and O–H groups in total. The summed E-state index contributed by atoms with van der Waals surface area (Å²) in [5.41, 5.74) is 8.94. The Morgan fingerprint density at radius 1 is 1.28 bits per heavy atom. The van der Waals surface area contributed by atoms with Crippen LogP contribution in [0.25, 0.3) is 0 Å². The molecule has 0 atom stereocenters. The van der Waals surface area contributed by atoms with E-state index < -0.39 is 0 Å². The molecule has 25 heavy (non-hydrogen) atoms. The Labute approximate surface area is 149 Å². The standard InChI is InChI=1S/C19H26N4O2/c1-23(13-9-16-6-3-4-10-21-16)12-5-11-22-18-8-7-15(14-17(18)20)19(24)25-2/h3-4,6-8,10,14,22H,5,9,11-13,20H2,1-2H3. The van der Waals surface area contributed by atoms with E-state index in [9.17, 15) is 4.79 Å². The molecule has 1 aromatic heterocycles. The zero-order valence-electron chi connectivity index (χ0n) is 14.9. The van der Waals surface area contributed by atoms with Gasteiger partial charge in [-0.25, -0.2) is 4.79 Å². The van der Waals surface area contributed by atoms with Gasteiger partial charge in [0.15, 0.2) is 0 Å². The Hall–Kier alpha value is -2.60. The zero-order chi connectivity index (χ0) is 18.1. The van der Waals surface area contributed by atoms with Gasteiger partial charge in [-0.2, -0.15) is 0 Å². The number of aromatic nitrogens is 1. The lowest BCUT2D eigenvalue weighted by atomic mass is 10.1. The lowest BCUT2D eigenvalue weighted by Crippen LogP contribution is -2.24. The minimum Gasteiger partial charge on any atom is -0.465 e. The fourth-order valence-corrected chi connectivity index (χ4v) is 2.50. The fraction of sp³-hybridized carbons (Fsp3) is 0.368. The number of nitrogen functional groups attached to an aromatic ring is 1. The summed E-state index contributed by atoms with van der Waals surface area (Å²) in [6, 6.07) is 11.2. The number of hydrogen-bond donors (Lipinski definition) is 2. The molecule has 0 unspecified atom stereocenters. The molecule has 6 nitrogen and oxygen atoms in total. The Bertz CT molecular complexity index is 676. The van der Waals surface area contributed by atoms with Crippen molar-refractivity contribution in [2.24, 2.45) is 0 Å². The SMILES string of the molecule is COC(=O)c1ccc(NCCCN(C)CCc2ccccn2)c(N)c1. The number of rotatable bonds is 9. The molecule has 0 saturated carbocycles. The lowest BCUT2D eigenvalue weighted by molar-refractivity contribution is 0.0601. The molecule has 6 heteroatoms. The van der Waals surface area contributed by atoms with Gasteiger partial charge in [-0.05, 0) is 50.3 Å². The van der Waals surface area contributed by atoms with Gasteiger partial charge in [0.25, 0.3) is 0 Å². The number of nitrogens with two attached hydrogens (primary N) is 1. The summed E-state index contributed by atoms with van der Waals surface area (Å²) in [5, 5.41) is 3.31. The second-order valence-corrected chi connectivity index (χ2v) is 5.95. The summed E-state index contributed by atoms with van der Waals surface area (Å²) in [5.74, 6) is -0.382. The van der Waals surface area contributed by atoms with Crippen molar-refractivity contribution in [1.29, 1.82) is 0 Å². The molecule has 0 fully saturated rings. The van der Waals surface area contributed by atoms with Crippen molar-refractivity contribution in [2.45, 2.75) is 12.8 Å². The highest BCUT2D eigenvalue weighted by Crippen LogP contribution is 2.20. The molecule has 1 heterocycles. The van der Waals surface area contributed by atoms with Crippen LogP contribution in [0, 0.1) is 0 Å². The molecular formula is C19H26N4O2. The molecule has 0 spiro atoms. The van der Waals surface area contributed by atoms with E-state index in [2.05, 4.69) is 33.1 Å². The van der Waals surface area contributed by atoms with Crippen molar-refractivity contribution in [2.75, 3.05) is 44.8 Å². The van der Waals surface area contributed by atoms with Gasteiger partial charge in [-0.15, -0.1) is 0 Å². The number of benzene rings is 1. The quantitative estimate of drug-likeness (QED) is 0.414. The van der Waals surface area contributed by atoms with Crippen LogP contribution in [0.3, 0.4) is 0 Å². The summed E-state index contributed by atoms with van der Waals surface area (Å²) in [6.07, 6.45) is 3.78. The number of carbonyl (C=O) groups excluding carboxylic acids is 1. The number of ether oxygens (including phenoxy) is 1. The monoisotopic (exact) mass is 342 g/mol. The third kappa shape index (κ3) is 6.08. The van der Waals surface area contributed by atoms with Gasteiger partial charge in [0.1, 0.15) is 0 Å². The highest BCUT2D eigenvalue weighted by atomic mass is 16.5. The summed E-state index contributed by atoms with van der Waals surface area (Å²) in [7, 11) is 3.47. The van der Waals surface area contributed by atoms with E-state index in [1.54, 1.807) is 12.1 Å². The lowest BCUT2D eigenvalue weighted by Gasteiger charge is -2.17. The Morgan fingerprint density at radius 3 is 2.80 bits per heavy atom. The molecule has 0 aliphatic heterocycles. The smallest absolute Gasteiger partial charge is 0.337 e. The van der Waals surface area contributed by atoms with Crippen LogP contribution in [0.5, 0.6) is 0 Å². The minimum absolute atomic E-state index is 0.382. The van der Waals surface area contributed by atoms with Crippen LogP contribution in [0.1, 0.15) is 22.5 Å².